The van der Waals surface area contributed by atoms with Crippen LogP contribution < -0.4 is 0 Å². The number of pyridine rings is 1. The third kappa shape index (κ3) is 2.17. The minimum absolute atomic E-state index is 0.253. The van der Waals surface area contributed by atoms with Gasteiger partial charge in [0.25, 0.3) is 0 Å². The predicted octanol–water partition coefficient (Wildman–Crippen LogP) is 4.20. The van der Waals surface area contributed by atoms with Crippen LogP contribution in [0.1, 0.15) is 5.56 Å². The number of aromatic nitrogens is 1. The lowest BCUT2D eigenvalue weighted by molar-refractivity contribution is 0.628. The van der Waals surface area contributed by atoms with E-state index in [1.165, 1.54) is 12.1 Å². The number of benzene rings is 1. The molecule has 1 heterocycles. The molecule has 5 heteroatoms. The summed E-state index contributed by atoms with van der Waals surface area (Å²) in [6, 6.07) is 5.94. The third-order valence-electron chi connectivity index (χ3n) is 1.98. The van der Waals surface area contributed by atoms with Gasteiger partial charge in [-0.2, -0.15) is 0 Å². The van der Waals surface area contributed by atoms with Gasteiger partial charge in [-0.25, -0.2) is 4.39 Å². The van der Waals surface area contributed by atoms with Crippen molar-refractivity contribution in [2.24, 2.45) is 0 Å². The van der Waals surface area contributed by atoms with Crippen molar-refractivity contribution in [3.8, 4) is 0 Å². The molecule has 0 N–H and O–H groups in total. The topological polar surface area (TPSA) is 12.9 Å². The fourth-order valence-corrected chi connectivity index (χ4v) is 1.80. The van der Waals surface area contributed by atoms with Crippen LogP contribution >= 0.6 is 34.8 Å². The second kappa shape index (κ2) is 3.78. The highest BCUT2D eigenvalue weighted by molar-refractivity contribution is 6.67. The lowest BCUT2D eigenvalue weighted by Gasteiger charge is -2.13. The van der Waals surface area contributed by atoms with Crippen molar-refractivity contribution in [3.63, 3.8) is 0 Å². The number of hydrogen-bond acceptors (Lipinski definition) is 1. The molecule has 1 aromatic carbocycles. The molecule has 0 aliphatic heterocycles. The molecule has 1 aromatic heterocycles. The molecule has 0 aliphatic carbocycles. The number of hydrogen-bond donors (Lipinski definition) is 0. The van der Waals surface area contributed by atoms with Crippen LogP contribution in [0.25, 0.3) is 10.9 Å². The Kier molecular flexibility index (Phi) is 2.75. The lowest BCUT2D eigenvalue weighted by Crippen LogP contribution is -2.03. The monoisotopic (exact) mass is 263 g/mol. The standard InChI is InChI=1S/C10H5Cl3FN/c11-10(12,13)8-5-7(14)4-6-2-1-3-15-9(6)8/h1-5H. The smallest absolute Gasteiger partial charge is 0.218 e. The van der Waals surface area contributed by atoms with Gasteiger partial charge >= 0.3 is 0 Å². The van der Waals surface area contributed by atoms with E-state index < -0.39 is 9.61 Å². The summed E-state index contributed by atoms with van der Waals surface area (Å²) in [5.41, 5.74) is 0.752. The first-order valence-corrected chi connectivity index (χ1v) is 5.23. The minimum atomic E-state index is -1.67. The lowest BCUT2D eigenvalue weighted by atomic mass is 10.1. The Labute approximate surface area is 101 Å². The third-order valence-corrected chi connectivity index (χ3v) is 2.59. The second-order valence-corrected chi connectivity index (χ2v) is 5.31. The summed E-state index contributed by atoms with van der Waals surface area (Å²) >= 11 is 17.2. The summed E-state index contributed by atoms with van der Waals surface area (Å²) in [6.45, 7) is 0. The van der Waals surface area contributed by atoms with Crippen LogP contribution in [0.4, 0.5) is 4.39 Å². The van der Waals surface area contributed by atoms with E-state index in [-0.39, 0.29) is 5.56 Å². The maximum Gasteiger partial charge on any atom is 0.218 e. The minimum Gasteiger partial charge on any atom is -0.256 e. The van der Waals surface area contributed by atoms with Crippen molar-refractivity contribution >= 4 is 45.7 Å². The quantitative estimate of drug-likeness (QED) is 0.650. The second-order valence-electron chi connectivity index (χ2n) is 3.03. The summed E-state index contributed by atoms with van der Waals surface area (Å²) in [5.74, 6) is -0.447. The van der Waals surface area contributed by atoms with Crippen LogP contribution in [0.2, 0.25) is 0 Å². The Morgan fingerprint density at radius 3 is 2.60 bits per heavy atom. The van der Waals surface area contributed by atoms with Crippen LogP contribution in [0.5, 0.6) is 0 Å². The Morgan fingerprint density at radius 1 is 1.20 bits per heavy atom. The van der Waals surface area contributed by atoms with Crippen LogP contribution in [-0.4, -0.2) is 4.98 Å². The van der Waals surface area contributed by atoms with Gasteiger partial charge in [-0.05, 0) is 18.2 Å². The molecule has 1 nitrogen and oxygen atoms in total. The van der Waals surface area contributed by atoms with Crippen molar-refractivity contribution in [1.82, 2.24) is 4.98 Å². The molecule has 0 amide bonds. The molecule has 2 aromatic rings. The van der Waals surface area contributed by atoms with E-state index in [2.05, 4.69) is 4.98 Å². The predicted molar refractivity (Wildman–Crippen MR) is 60.9 cm³/mol. The summed E-state index contributed by atoms with van der Waals surface area (Å²) in [6.07, 6.45) is 1.57. The fraction of sp³-hybridized carbons (Fsp3) is 0.100. The molecule has 0 saturated heterocycles. The van der Waals surface area contributed by atoms with E-state index >= 15 is 0 Å². The normalized spacial score (nSPS) is 12.0. The highest BCUT2D eigenvalue weighted by Gasteiger charge is 2.26. The van der Waals surface area contributed by atoms with E-state index in [0.717, 1.165) is 0 Å². The average Bonchev–Trinajstić information content (AvgIpc) is 2.15. The largest absolute Gasteiger partial charge is 0.256 e. The highest BCUT2D eigenvalue weighted by atomic mass is 35.6. The van der Waals surface area contributed by atoms with Gasteiger partial charge in [0.1, 0.15) is 5.82 Å². The van der Waals surface area contributed by atoms with Gasteiger partial charge < -0.3 is 0 Å². The van der Waals surface area contributed by atoms with Gasteiger partial charge in [0.2, 0.25) is 3.79 Å². The van der Waals surface area contributed by atoms with Gasteiger partial charge in [0.05, 0.1) is 5.52 Å². The van der Waals surface area contributed by atoms with Crippen molar-refractivity contribution in [1.29, 1.82) is 0 Å². The summed E-state index contributed by atoms with van der Waals surface area (Å²) in [5, 5.41) is 0.610. The first-order chi connectivity index (χ1) is 6.98. The summed E-state index contributed by atoms with van der Waals surface area (Å²) in [7, 11) is 0. The van der Waals surface area contributed by atoms with Gasteiger partial charge in [0, 0.05) is 17.1 Å². The Hall–Kier alpha value is -0.570. The Balaban J connectivity index is 2.83. The highest BCUT2D eigenvalue weighted by Crippen LogP contribution is 2.41. The number of halogens is 4. The zero-order valence-electron chi connectivity index (χ0n) is 7.35. The van der Waals surface area contributed by atoms with Gasteiger partial charge in [-0.15, -0.1) is 0 Å². The summed E-state index contributed by atoms with van der Waals surface area (Å²) < 4.78 is 11.6. The number of fused-ring (bicyclic) bond motifs is 1. The first kappa shape index (κ1) is 10.9. The van der Waals surface area contributed by atoms with E-state index in [0.29, 0.717) is 10.9 Å². The first-order valence-electron chi connectivity index (χ1n) is 4.10. The molecule has 0 saturated carbocycles. The number of rotatable bonds is 0. The maximum atomic E-state index is 13.2. The Morgan fingerprint density at radius 2 is 1.93 bits per heavy atom. The van der Waals surface area contributed by atoms with Crippen LogP contribution in [0.15, 0.2) is 30.5 Å². The number of alkyl halides is 3. The molecule has 0 atom stereocenters. The van der Waals surface area contributed by atoms with E-state index in [9.17, 15) is 4.39 Å². The molecule has 0 unspecified atom stereocenters. The molecule has 15 heavy (non-hydrogen) atoms. The van der Waals surface area contributed by atoms with Gasteiger partial charge in [-0.3, -0.25) is 4.98 Å². The fourth-order valence-electron chi connectivity index (χ4n) is 1.37. The SMILES string of the molecule is Fc1cc(C(Cl)(Cl)Cl)c2ncccc2c1. The molecular formula is C10H5Cl3FN. The molecule has 78 valence electrons. The van der Waals surface area contributed by atoms with Crippen molar-refractivity contribution < 1.29 is 4.39 Å². The average molecular weight is 265 g/mol. The molecule has 2 rings (SSSR count). The number of nitrogens with zero attached hydrogens (tertiary/aromatic N) is 1. The molecule has 0 aliphatic rings. The van der Waals surface area contributed by atoms with Gasteiger partial charge in [-0.1, -0.05) is 40.9 Å². The molecule has 0 fully saturated rings. The van der Waals surface area contributed by atoms with Crippen LogP contribution in [0, 0.1) is 5.82 Å². The van der Waals surface area contributed by atoms with Gasteiger partial charge in [0.15, 0.2) is 0 Å². The van der Waals surface area contributed by atoms with Crippen LogP contribution in [-0.2, 0) is 3.79 Å². The molecular weight excluding hydrogens is 259 g/mol. The van der Waals surface area contributed by atoms with E-state index in [1.54, 1.807) is 18.3 Å². The Bertz CT molecular complexity index is 507. The van der Waals surface area contributed by atoms with E-state index in [1.807, 2.05) is 0 Å². The molecule has 0 bridgehead atoms. The van der Waals surface area contributed by atoms with E-state index in [4.69, 9.17) is 34.8 Å². The van der Waals surface area contributed by atoms with Crippen molar-refractivity contribution in [3.05, 3.63) is 41.8 Å². The maximum absolute atomic E-state index is 13.2. The zero-order chi connectivity index (χ0) is 11.1. The zero-order valence-corrected chi connectivity index (χ0v) is 9.61. The van der Waals surface area contributed by atoms with Crippen LogP contribution in [0.3, 0.4) is 0 Å². The van der Waals surface area contributed by atoms with Crippen molar-refractivity contribution in [2.75, 3.05) is 0 Å². The summed E-state index contributed by atoms with van der Waals surface area (Å²) in [4.78, 5) is 4.07. The molecule has 0 spiro atoms. The molecule has 0 radical (unpaired) electrons. The van der Waals surface area contributed by atoms with Crippen molar-refractivity contribution in [2.45, 2.75) is 3.79 Å².